The van der Waals surface area contributed by atoms with E-state index in [9.17, 15) is 18.0 Å². The quantitative estimate of drug-likeness (QED) is 0.838. The van der Waals surface area contributed by atoms with Gasteiger partial charge < -0.3 is 9.47 Å². The van der Waals surface area contributed by atoms with Crippen molar-refractivity contribution < 1.29 is 18.0 Å². The number of hydrogen-bond acceptors (Lipinski definition) is 2. The lowest BCUT2D eigenvalue weighted by molar-refractivity contribution is -0.137. The predicted octanol–water partition coefficient (Wildman–Crippen LogP) is 3.46. The van der Waals surface area contributed by atoms with Crippen molar-refractivity contribution in [3.8, 4) is 0 Å². The molecule has 0 N–H and O–H groups in total. The molecule has 4 nitrogen and oxygen atoms in total. The van der Waals surface area contributed by atoms with Gasteiger partial charge in [-0.25, -0.2) is 4.98 Å². The van der Waals surface area contributed by atoms with Gasteiger partial charge >= 0.3 is 6.18 Å². The molecule has 0 bridgehead atoms. The molecule has 1 aromatic heterocycles. The van der Waals surface area contributed by atoms with Crippen molar-refractivity contribution in [2.45, 2.75) is 45.1 Å². The number of imidazole rings is 1. The Morgan fingerprint density at radius 2 is 2.12 bits per heavy atom. The van der Waals surface area contributed by atoms with Crippen LogP contribution in [-0.4, -0.2) is 26.4 Å². The summed E-state index contributed by atoms with van der Waals surface area (Å²) in [5, 5.41) is 0. The average molecular weight is 337 g/mol. The van der Waals surface area contributed by atoms with Crippen LogP contribution in [0.5, 0.6) is 0 Å². The molecule has 0 unspecified atom stereocenters. The molecule has 1 heterocycles. The third-order valence-corrected chi connectivity index (χ3v) is 4.11. The Bertz CT molecular complexity index is 735. The van der Waals surface area contributed by atoms with Crippen molar-refractivity contribution in [1.82, 2.24) is 14.5 Å². The Morgan fingerprint density at radius 3 is 2.75 bits per heavy atom. The number of hydrogen-bond donors (Lipinski definition) is 0. The standard InChI is InChI=1S/C17H18F3N3O/c1-12(24)23(15-5-6-15)11-16-21-7-8-22(16)10-13-3-2-4-14(9-13)17(18,19)20/h2-4,7-9,15H,5-6,10-11H2,1H3. The van der Waals surface area contributed by atoms with E-state index in [0.717, 1.165) is 25.0 Å². The van der Waals surface area contributed by atoms with E-state index in [2.05, 4.69) is 4.98 Å². The molecule has 7 heteroatoms. The summed E-state index contributed by atoms with van der Waals surface area (Å²) in [6, 6.07) is 5.53. The fourth-order valence-electron chi connectivity index (χ4n) is 2.71. The summed E-state index contributed by atoms with van der Waals surface area (Å²) in [5.74, 6) is 0.667. The Morgan fingerprint density at radius 1 is 1.38 bits per heavy atom. The average Bonchev–Trinajstić information content (AvgIpc) is 3.25. The van der Waals surface area contributed by atoms with E-state index in [-0.39, 0.29) is 18.5 Å². The molecule has 1 aliphatic rings. The number of aromatic nitrogens is 2. The maximum atomic E-state index is 12.8. The number of alkyl halides is 3. The minimum Gasteiger partial charge on any atom is -0.332 e. The van der Waals surface area contributed by atoms with Crippen LogP contribution in [0.15, 0.2) is 36.7 Å². The third-order valence-electron chi connectivity index (χ3n) is 4.11. The van der Waals surface area contributed by atoms with Crippen LogP contribution in [0, 0.1) is 0 Å². The van der Waals surface area contributed by atoms with Gasteiger partial charge in [-0.05, 0) is 30.5 Å². The predicted molar refractivity (Wildman–Crippen MR) is 82.0 cm³/mol. The molecule has 0 atom stereocenters. The molecule has 1 fully saturated rings. The normalized spacial score (nSPS) is 14.7. The van der Waals surface area contributed by atoms with Crippen LogP contribution < -0.4 is 0 Å². The Balaban J connectivity index is 1.77. The zero-order valence-electron chi connectivity index (χ0n) is 13.3. The summed E-state index contributed by atoms with van der Waals surface area (Å²) >= 11 is 0. The minimum atomic E-state index is -4.36. The zero-order chi connectivity index (χ0) is 17.3. The molecule has 2 aromatic rings. The topological polar surface area (TPSA) is 38.1 Å². The highest BCUT2D eigenvalue weighted by atomic mass is 19.4. The number of rotatable bonds is 5. The molecule has 24 heavy (non-hydrogen) atoms. The van der Waals surface area contributed by atoms with Crippen LogP contribution in [0.25, 0.3) is 0 Å². The molecule has 3 rings (SSSR count). The van der Waals surface area contributed by atoms with Gasteiger partial charge in [0.2, 0.25) is 5.91 Å². The third kappa shape index (κ3) is 3.77. The van der Waals surface area contributed by atoms with Crippen LogP contribution in [0.1, 0.15) is 36.7 Å². The molecule has 128 valence electrons. The van der Waals surface area contributed by atoms with E-state index in [4.69, 9.17) is 0 Å². The van der Waals surface area contributed by atoms with Crippen molar-refractivity contribution in [3.05, 3.63) is 53.6 Å². The minimum absolute atomic E-state index is 0.00822. The lowest BCUT2D eigenvalue weighted by Crippen LogP contribution is -2.31. The maximum Gasteiger partial charge on any atom is 0.416 e. The smallest absolute Gasteiger partial charge is 0.332 e. The number of benzene rings is 1. The van der Waals surface area contributed by atoms with Crippen LogP contribution in [0.3, 0.4) is 0 Å². The van der Waals surface area contributed by atoms with Gasteiger partial charge in [0.1, 0.15) is 5.82 Å². The summed E-state index contributed by atoms with van der Waals surface area (Å²) in [6.07, 6.45) is 0.960. The van der Waals surface area contributed by atoms with Crippen molar-refractivity contribution in [3.63, 3.8) is 0 Å². The van der Waals surface area contributed by atoms with E-state index >= 15 is 0 Å². The molecule has 0 aliphatic heterocycles. The van der Waals surface area contributed by atoms with Gasteiger partial charge in [0.15, 0.2) is 0 Å². The van der Waals surface area contributed by atoms with Crippen LogP contribution in [0.4, 0.5) is 13.2 Å². The second kappa shape index (κ2) is 6.30. The van der Waals surface area contributed by atoms with Gasteiger partial charge in [-0.2, -0.15) is 13.2 Å². The first-order valence-corrected chi connectivity index (χ1v) is 7.78. The molecule has 1 saturated carbocycles. The number of carbonyl (C=O) groups excluding carboxylic acids is 1. The van der Waals surface area contributed by atoms with Gasteiger partial charge in [0, 0.05) is 31.9 Å². The van der Waals surface area contributed by atoms with Crippen LogP contribution in [-0.2, 0) is 24.1 Å². The molecule has 1 amide bonds. The summed E-state index contributed by atoms with van der Waals surface area (Å²) in [5.41, 5.74) is -0.116. The summed E-state index contributed by atoms with van der Waals surface area (Å²) in [6.45, 7) is 2.19. The highest BCUT2D eigenvalue weighted by molar-refractivity contribution is 5.73. The van der Waals surface area contributed by atoms with Crippen molar-refractivity contribution in [2.75, 3.05) is 0 Å². The lowest BCUT2D eigenvalue weighted by Gasteiger charge is -2.21. The summed E-state index contributed by atoms with van der Waals surface area (Å²) < 4.78 is 40.2. The van der Waals surface area contributed by atoms with E-state index < -0.39 is 11.7 Å². The van der Waals surface area contributed by atoms with E-state index in [0.29, 0.717) is 17.9 Å². The van der Waals surface area contributed by atoms with E-state index in [1.54, 1.807) is 27.9 Å². The summed E-state index contributed by atoms with van der Waals surface area (Å²) in [7, 11) is 0. The van der Waals surface area contributed by atoms with Crippen molar-refractivity contribution >= 4 is 5.91 Å². The van der Waals surface area contributed by atoms with E-state index in [1.165, 1.54) is 13.0 Å². The summed E-state index contributed by atoms with van der Waals surface area (Å²) in [4.78, 5) is 17.8. The Labute approximate surface area is 137 Å². The fraction of sp³-hybridized carbons (Fsp3) is 0.412. The first-order chi connectivity index (χ1) is 11.3. The fourth-order valence-corrected chi connectivity index (χ4v) is 2.71. The highest BCUT2D eigenvalue weighted by Gasteiger charge is 2.32. The maximum absolute atomic E-state index is 12.8. The molecule has 0 spiro atoms. The molecule has 1 aromatic carbocycles. The van der Waals surface area contributed by atoms with Crippen LogP contribution in [0.2, 0.25) is 0 Å². The Hall–Kier alpha value is -2.31. The second-order valence-electron chi connectivity index (χ2n) is 6.05. The SMILES string of the molecule is CC(=O)N(Cc1nccn1Cc1cccc(C(F)(F)F)c1)C1CC1. The highest BCUT2D eigenvalue weighted by Crippen LogP contribution is 2.30. The first-order valence-electron chi connectivity index (χ1n) is 7.78. The monoisotopic (exact) mass is 337 g/mol. The lowest BCUT2D eigenvalue weighted by atomic mass is 10.1. The molecule has 0 saturated heterocycles. The van der Waals surface area contributed by atoms with Crippen molar-refractivity contribution in [2.24, 2.45) is 0 Å². The number of halogens is 3. The number of nitrogens with zero attached hydrogens (tertiary/aromatic N) is 3. The number of amides is 1. The van der Waals surface area contributed by atoms with Crippen molar-refractivity contribution in [1.29, 1.82) is 0 Å². The van der Waals surface area contributed by atoms with Gasteiger partial charge in [0.25, 0.3) is 0 Å². The first kappa shape index (κ1) is 16.5. The van der Waals surface area contributed by atoms with E-state index in [1.807, 2.05) is 0 Å². The largest absolute Gasteiger partial charge is 0.416 e. The van der Waals surface area contributed by atoms with Gasteiger partial charge in [-0.3, -0.25) is 4.79 Å². The van der Waals surface area contributed by atoms with Gasteiger partial charge in [-0.15, -0.1) is 0 Å². The second-order valence-corrected chi connectivity index (χ2v) is 6.05. The van der Waals surface area contributed by atoms with Crippen LogP contribution >= 0.6 is 0 Å². The molecular formula is C17H18F3N3O. The zero-order valence-corrected chi connectivity index (χ0v) is 13.3. The Kier molecular flexibility index (Phi) is 4.34. The molecular weight excluding hydrogens is 319 g/mol. The van der Waals surface area contributed by atoms with Gasteiger partial charge in [0.05, 0.1) is 12.1 Å². The number of carbonyl (C=O) groups is 1. The molecule has 0 radical (unpaired) electrons. The van der Waals surface area contributed by atoms with Gasteiger partial charge in [-0.1, -0.05) is 12.1 Å². The molecule has 1 aliphatic carbocycles.